The number of likely N-dealkylation sites (tertiary alicyclic amines) is 1. The second-order valence-electron chi connectivity index (χ2n) is 3.21. The summed E-state index contributed by atoms with van der Waals surface area (Å²) in [5.74, 6) is 0.127. The first kappa shape index (κ1) is 10.5. The highest BCUT2D eigenvalue weighted by Crippen LogP contribution is 2.23. The van der Waals surface area contributed by atoms with Crippen molar-refractivity contribution in [2.45, 2.75) is 17.7 Å². The van der Waals surface area contributed by atoms with Crippen molar-refractivity contribution in [2.75, 3.05) is 13.1 Å². The van der Waals surface area contributed by atoms with Crippen molar-refractivity contribution in [2.24, 2.45) is 5.92 Å². The van der Waals surface area contributed by atoms with Crippen molar-refractivity contribution in [1.29, 1.82) is 0 Å². The normalized spacial score (nSPS) is 25.3. The van der Waals surface area contributed by atoms with Crippen LogP contribution in [0.25, 0.3) is 0 Å². The molecule has 5 heteroatoms. The Morgan fingerprint density at radius 1 is 1.69 bits per heavy atom. The number of piperidine rings is 1. The van der Waals surface area contributed by atoms with Crippen molar-refractivity contribution in [3.63, 3.8) is 0 Å². The Bertz CT molecular complexity index is 210. The molecule has 0 aromatic carbocycles. The van der Waals surface area contributed by atoms with Crippen LogP contribution < -0.4 is 0 Å². The van der Waals surface area contributed by atoms with Crippen molar-refractivity contribution in [3.05, 3.63) is 0 Å². The first-order chi connectivity index (χ1) is 6.15. The highest BCUT2D eigenvalue weighted by atomic mass is 79.9. The van der Waals surface area contributed by atoms with Crippen molar-refractivity contribution >= 4 is 28.3 Å². The molecule has 0 aromatic rings. The lowest BCUT2D eigenvalue weighted by atomic mass is 9.96. The van der Waals surface area contributed by atoms with Gasteiger partial charge in [0.1, 0.15) is 6.29 Å². The zero-order valence-corrected chi connectivity index (χ0v) is 8.74. The van der Waals surface area contributed by atoms with Crippen molar-refractivity contribution in [3.8, 4) is 0 Å². The van der Waals surface area contributed by atoms with Crippen LogP contribution in [0.3, 0.4) is 0 Å². The molecule has 0 aliphatic carbocycles. The maximum absolute atomic E-state index is 10.6. The topological polar surface area (TPSA) is 57.6 Å². The molecule has 2 atom stereocenters. The van der Waals surface area contributed by atoms with Crippen LogP contribution in [0, 0.1) is 5.92 Å². The fourth-order valence-electron chi connectivity index (χ4n) is 1.55. The molecule has 1 heterocycles. The molecular formula is C8H12BrNO3. The van der Waals surface area contributed by atoms with Crippen LogP contribution in [-0.2, 0) is 4.79 Å². The molecule has 1 rings (SSSR count). The Balaban J connectivity index is 2.50. The monoisotopic (exact) mass is 249 g/mol. The molecule has 1 amide bonds. The number of alkyl halides is 1. The number of amides is 1. The van der Waals surface area contributed by atoms with E-state index in [1.54, 1.807) is 0 Å². The quantitative estimate of drug-likeness (QED) is 0.594. The van der Waals surface area contributed by atoms with Gasteiger partial charge in [0.05, 0.1) is 4.83 Å². The second kappa shape index (κ2) is 4.60. The first-order valence-electron chi connectivity index (χ1n) is 4.22. The third-order valence-electron chi connectivity index (χ3n) is 2.31. The van der Waals surface area contributed by atoms with E-state index >= 15 is 0 Å². The maximum Gasteiger partial charge on any atom is 0.407 e. The van der Waals surface area contributed by atoms with Gasteiger partial charge in [-0.15, -0.1) is 0 Å². The number of hydrogen-bond acceptors (Lipinski definition) is 2. The lowest BCUT2D eigenvalue weighted by molar-refractivity contribution is -0.108. The molecule has 0 aromatic heterocycles. The van der Waals surface area contributed by atoms with Gasteiger partial charge >= 0.3 is 6.09 Å². The molecule has 1 N–H and O–H groups in total. The fourth-order valence-corrected chi connectivity index (χ4v) is 1.99. The third-order valence-corrected chi connectivity index (χ3v) is 3.27. The predicted octanol–water partition coefficient (Wildman–Crippen LogP) is 1.34. The van der Waals surface area contributed by atoms with Gasteiger partial charge in [0.15, 0.2) is 0 Å². The summed E-state index contributed by atoms with van der Waals surface area (Å²) in [6, 6.07) is 0. The lowest BCUT2D eigenvalue weighted by Gasteiger charge is -2.31. The van der Waals surface area contributed by atoms with Crippen LogP contribution in [-0.4, -0.2) is 40.3 Å². The minimum Gasteiger partial charge on any atom is -0.465 e. The number of carboxylic acid groups (broad SMARTS) is 1. The Kier molecular flexibility index (Phi) is 3.71. The minimum atomic E-state index is -0.893. The summed E-state index contributed by atoms with van der Waals surface area (Å²) < 4.78 is 0. The summed E-state index contributed by atoms with van der Waals surface area (Å²) in [5.41, 5.74) is 0. The minimum absolute atomic E-state index is 0.127. The van der Waals surface area contributed by atoms with E-state index < -0.39 is 6.09 Å². The van der Waals surface area contributed by atoms with Crippen LogP contribution in [0.2, 0.25) is 0 Å². The molecule has 0 saturated carbocycles. The fraction of sp³-hybridized carbons (Fsp3) is 0.750. The van der Waals surface area contributed by atoms with E-state index in [0.717, 1.165) is 19.1 Å². The summed E-state index contributed by atoms with van der Waals surface area (Å²) in [6.45, 7) is 1.05. The van der Waals surface area contributed by atoms with Gasteiger partial charge in [0.2, 0.25) is 0 Å². The number of nitrogens with zero attached hydrogens (tertiary/aromatic N) is 1. The van der Waals surface area contributed by atoms with E-state index in [9.17, 15) is 9.59 Å². The van der Waals surface area contributed by atoms with Crippen LogP contribution >= 0.6 is 15.9 Å². The molecule has 1 aliphatic rings. The molecule has 1 fully saturated rings. The molecule has 2 unspecified atom stereocenters. The van der Waals surface area contributed by atoms with E-state index in [0.29, 0.717) is 13.1 Å². The van der Waals surface area contributed by atoms with Crippen molar-refractivity contribution < 1.29 is 14.7 Å². The lowest BCUT2D eigenvalue weighted by Crippen LogP contribution is -2.41. The Hall–Kier alpha value is -0.580. The van der Waals surface area contributed by atoms with Crippen LogP contribution in [0.5, 0.6) is 0 Å². The SMILES string of the molecule is O=CC(Br)C1CCCN(C(=O)O)C1. The number of carbonyl (C=O) groups excluding carboxylic acids is 1. The summed E-state index contributed by atoms with van der Waals surface area (Å²) >= 11 is 3.23. The third kappa shape index (κ3) is 2.69. The predicted molar refractivity (Wildman–Crippen MR) is 51.1 cm³/mol. The zero-order valence-electron chi connectivity index (χ0n) is 7.15. The first-order valence-corrected chi connectivity index (χ1v) is 5.14. The summed E-state index contributed by atoms with van der Waals surface area (Å²) in [6.07, 6.45) is 1.69. The van der Waals surface area contributed by atoms with Crippen LogP contribution in [0.15, 0.2) is 0 Å². The van der Waals surface area contributed by atoms with E-state index in [1.807, 2.05) is 0 Å². The molecule has 0 radical (unpaired) electrons. The molecule has 1 saturated heterocycles. The average molecular weight is 250 g/mol. The number of halogens is 1. The van der Waals surface area contributed by atoms with Gasteiger partial charge in [-0.2, -0.15) is 0 Å². The molecule has 0 spiro atoms. The van der Waals surface area contributed by atoms with Gasteiger partial charge in [-0.25, -0.2) is 4.79 Å². The van der Waals surface area contributed by atoms with Gasteiger partial charge in [-0.05, 0) is 18.8 Å². The molecule has 0 bridgehead atoms. The van der Waals surface area contributed by atoms with E-state index in [4.69, 9.17) is 5.11 Å². The van der Waals surface area contributed by atoms with Gasteiger partial charge < -0.3 is 14.8 Å². The summed E-state index contributed by atoms with van der Waals surface area (Å²) in [7, 11) is 0. The van der Waals surface area contributed by atoms with E-state index in [1.165, 1.54) is 4.90 Å². The molecular weight excluding hydrogens is 238 g/mol. The largest absolute Gasteiger partial charge is 0.465 e. The van der Waals surface area contributed by atoms with Gasteiger partial charge in [-0.1, -0.05) is 15.9 Å². The van der Waals surface area contributed by atoms with E-state index in [-0.39, 0.29) is 10.7 Å². The second-order valence-corrected chi connectivity index (χ2v) is 4.27. The highest BCUT2D eigenvalue weighted by Gasteiger charge is 2.27. The molecule has 4 nitrogen and oxygen atoms in total. The number of rotatable bonds is 2. The zero-order chi connectivity index (χ0) is 9.84. The molecule has 1 aliphatic heterocycles. The standard InChI is InChI=1S/C8H12BrNO3/c9-7(5-11)6-2-1-3-10(4-6)8(12)13/h5-7H,1-4H2,(H,12,13). The average Bonchev–Trinajstić information content (AvgIpc) is 2.17. The van der Waals surface area contributed by atoms with Crippen LogP contribution in [0.4, 0.5) is 4.79 Å². The van der Waals surface area contributed by atoms with Crippen molar-refractivity contribution in [1.82, 2.24) is 4.90 Å². The maximum atomic E-state index is 10.6. The van der Waals surface area contributed by atoms with Gasteiger partial charge in [0, 0.05) is 13.1 Å². The Morgan fingerprint density at radius 3 is 2.92 bits per heavy atom. The van der Waals surface area contributed by atoms with E-state index in [2.05, 4.69) is 15.9 Å². The Morgan fingerprint density at radius 2 is 2.38 bits per heavy atom. The summed E-state index contributed by atoms with van der Waals surface area (Å²) in [5, 5.41) is 8.73. The Labute approximate surface area is 85.0 Å². The highest BCUT2D eigenvalue weighted by molar-refractivity contribution is 9.10. The smallest absolute Gasteiger partial charge is 0.407 e. The molecule has 13 heavy (non-hydrogen) atoms. The number of hydrogen-bond donors (Lipinski definition) is 1. The van der Waals surface area contributed by atoms with Gasteiger partial charge in [0.25, 0.3) is 0 Å². The number of carbonyl (C=O) groups is 2. The molecule has 74 valence electrons. The number of aldehydes is 1. The summed E-state index contributed by atoms with van der Waals surface area (Å²) in [4.78, 5) is 22.3. The van der Waals surface area contributed by atoms with Gasteiger partial charge in [-0.3, -0.25) is 0 Å². The van der Waals surface area contributed by atoms with Crippen LogP contribution in [0.1, 0.15) is 12.8 Å².